The van der Waals surface area contributed by atoms with Crippen molar-refractivity contribution in [3.63, 3.8) is 0 Å². The fraction of sp³-hybridized carbons (Fsp3) is 0.500. The van der Waals surface area contributed by atoms with E-state index in [1.165, 1.54) is 0 Å². The number of thiocarbonyl (C=S) groups is 1. The first-order valence-electron chi connectivity index (χ1n) is 7.66. The minimum absolute atomic E-state index is 0.263. The summed E-state index contributed by atoms with van der Waals surface area (Å²) >= 11 is 8.64. The molecular formula is C16H24BrN3O2S. The van der Waals surface area contributed by atoms with Gasteiger partial charge in [0.1, 0.15) is 0 Å². The number of nitrogens with one attached hydrogen (secondary N) is 2. The summed E-state index contributed by atoms with van der Waals surface area (Å²) in [6.45, 7) is 9.24. The summed E-state index contributed by atoms with van der Waals surface area (Å²) < 4.78 is 12.2. The molecule has 128 valence electrons. The van der Waals surface area contributed by atoms with Crippen molar-refractivity contribution >= 4 is 39.5 Å². The first-order chi connectivity index (χ1) is 11.0. The highest BCUT2D eigenvalue weighted by Gasteiger charge is 2.11. The molecule has 2 N–H and O–H groups in total. The number of ether oxygens (including phenoxy) is 2. The van der Waals surface area contributed by atoms with Gasteiger partial charge in [-0.2, -0.15) is 5.10 Å². The third kappa shape index (κ3) is 7.18. The van der Waals surface area contributed by atoms with Crippen LogP contribution >= 0.6 is 28.1 Å². The number of benzene rings is 1. The summed E-state index contributed by atoms with van der Waals surface area (Å²) in [5.41, 5.74) is 3.66. The molecule has 0 aromatic heterocycles. The first-order valence-corrected chi connectivity index (χ1v) is 8.86. The van der Waals surface area contributed by atoms with E-state index in [-0.39, 0.29) is 6.04 Å². The second kappa shape index (κ2) is 10.4. The van der Waals surface area contributed by atoms with E-state index < -0.39 is 0 Å². The van der Waals surface area contributed by atoms with Gasteiger partial charge in [0.2, 0.25) is 0 Å². The standard InChI is InChI=1S/C16H24BrN3O2S/c1-5-7-22-15-13(17)8-12(9-14(15)21-6-2)10-18-20-16(23)19-11(3)4/h8-11H,5-7H2,1-4H3,(H2,19,20,23)/b18-10-. The molecule has 0 atom stereocenters. The molecule has 0 aliphatic carbocycles. The fourth-order valence-electron chi connectivity index (χ4n) is 1.73. The summed E-state index contributed by atoms with van der Waals surface area (Å²) in [5, 5.41) is 7.68. The van der Waals surface area contributed by atoms with Gasteiger partial charge in [-0.15, -0.1) is 0 Å². The van der Waals surface area contributed by atoms with Crippen LogP contribution in [0, 0.1) is 0 Å². The Morgan fingerprint density at radius 3 is 2.70 bits per heavy atom. The molecular weight excluding hydrogens is 378 g/mol. The number of halogens is 1. The van der Waals surface area contributed by atoms with Crippen LogP contribution in [0.4, 0.5) is 0 Å². The van der Waals surface area contributed by atoms with Gasteiger partial charge in [-0.05, 0) is 73.0 Å². The highest BCUT2D eigenvalue weighted by atomic mass is 79.9. The minimum atomic E-state index is 0.263. The van der Waals surface area contributed by atoms with Crippen LogP contribution in [-0.2, 0) is 0 Å². The summed E-state index contributed by atoms with van der Waals surface area (Å²) in [6, 6.07) is 4.08. The molecule has 0 spiro atoms. The summed E-state index contributed by atoms with van der Waals surface area (Å²) in [5.74, 6) is 1.41. The number of rotatable bonds is 8. The van der Waals surface area contributed by atoms with Gasteiger partial charge in [0.25, 0.3) is 0 Å². The van der Waals surface area contributed by atoms with Crippen LogP contribution in [0.2, 0.25) is 0 Å². The van der Waals surface area contributed by atoms with Gasteiger partial charge in [-0.25, -0.2) is 0 Å². The van der Waals surface area contributed by atoms with Crippen molar-refractivity contribution in [2.24, 2.45) is 5.10 Å². The highest BCUT2D eigenvalue weighted by Crippen LogP contribution is 2.36. The molecule has 0 bridgehead atoms. The summed E-state index contributed by atoms with van der Waals surface area (Å²) in [4.78, 5) is 0. The molecule has 0 unspecified atom stereocenters. The van der Waals surface area contributed by atoms with E-state index in [1.807, 2.05) is 32.9 Å². The molecule has 23 heavy (non-hydrogen) atoms. The summed E-state index contributed by atoms with van der Waals surface area (Å²) in [6.07, 6.45) is 2.62. The lowest BCUT2D eigenvalue weighted by Gasteiger charge is -2.14. The van der Waals surface area contributed by atoms with Gasteiger partial charge in [0.15, 0.2) is 16.6 Å². The number of hydrogen-bond acceptors (Lipinski definition) is 4. The van der Waals surface area contributed by atoms with E-state index in [2.05, 4.69) is 38.7 Å². The average molecular weight is 402 g/mol. The molecule has 0 saturated heterocycles. The number of hydrogen-bond donors (Lipinski definition) is 2. The van der Waals surface area contributed by atoms with Crippen LogP contribution < -0.4 is 20.2 Å². The Morgan fingerprint density at radius 1 is 1.35 bits per heavy atom. The zero-order chi connectivity index (χ0) is 17.2. The Balaban J connectivity index is 2.85. The smallest absolute Gasteiger partial charge is 0.187 e. The van der Waals surface area contributed by atoms with Crippen molar-refractivity contribution < 1.29 is 9.47 Å². The number of nitrogens with zero attached hydrogens (tertiary/aromatic N) is 1. The minimum Gasteiger partial charge on any atom is -0.490 e. The van der Waals surface area contributed by atoms with Crippen LogP contribution in [0.25, 0.3) is 0 Å². The van der Waals surface area contributed by atoms with Crippen molar-refractivity contribution in [1.82, 2.24) is 10.7 Å². The van der Waals surface area contributed by atoms with Gasteiger partial charge in [-0.3, -0.25) is 5.43 Å². The van der Waals surface area contributed by atoms with Crippen molar-refractivity contribution in [3.8, 4) is 11.5 Å². The molecule has 0 saturated carbocycles. The third-order valence-electron chi connectivity index (χ3n) is 2.58. The lowest BCUT2D eigenvalue weighted by Crippen LogP contribution is -2.36. The number of hydrazone groups is 1. The summed E-state index contributed by atoms with van der Waals surface area (Å²) in [7, 11) is 0. The van der Waals surface area contributed by atoms with E-state index in [1.54, 1.807) is 6.21 Å². The third-order valence-corrected chi connectivity index (χ3v) is 3.38. The van der Waals surface area contributed by atoms with Crippen LogP contribution in [0.15, 0.2) is 21.7 Å². The van der Waals surface area contributed by atoms with Crippen LogP contribution in [0.5, 0.6) is 11.5 Å². The maximum Gasteiger partial charge on any atom is 0.187 e. The molecule has 1 aromatic carbocycles. The average Bonchev–Trinajstić information content (AvgIpc) is 2.46. The van der Waals surface area contributed by atoms with E-state index in [9.17, 15) is 0 Å². The van der Waals surface area contributed by atoms with E-state index in [4.69, 9.17) is 21.7 Å². The first kappa shape index (κ1) is 19.7. The van der Waals surface area contributed by atoms with Crippen molar-refractivity contribution in [2.45, 2.75) is 40.2 Å². The lowest BCUT2D eigenvalue weighted by atomic mass is 10.2. The van der Waals surface area contributed by atoms with Crippen LogP contribution in [0.1, 0.15) is 39.7 Å². The quantitative estimate of drug-likeness (QED) is 0.393. The Morgan fingerprint density at radius 2 is 2.09 bits per heavy atom. The maximum absolute atomic E-state index is 5.75. The molecule has 5 nitrogen and oxygen atoms in total. The predicted octanol–water partition coefficient (Wildman–Crippen LogP) is 3.84. The van der Waals surface area contributed by atoms with Crippen LogP contribution in [0.3, 0.4) is 0 Å². The zero-order valence-corrected chi connectivity index (χ0v) is 16.4. The van der Waals surface area contributed by atoms with Gasteiger partial charge in [0.05, 0.1) is 23.9 Å². The maximum atomic E-state index is 5.75. The molecule has 7 heteroatoms. The zero-order valence-electron chi connectivity index (χ0n) is 14.0. The van der Waals surface area contributed by atoms with Gasteiger partial charge in [0, 0.05) is 6.04 Å². The van der Waals surface area contributed by atoms with Crippen molar-refractivity contribution in [3.05, 3.63) is 22.2 Å². The normalized spacial score (nSPS) is 10.9. The Kier molecular flexibility index (Phi) is 8.94. The predicted molar refractivity (Wildman–Crippen MR) is 103 cm³/mol. The molecule has 0 aliphatic rings. The molecule has 0 amide bonds. The molecule has 0 radical (unpaired) electrons. The molecule has 0 fully saturated rings. The van der Waals surface area contributed by atoms with E-state index >= 15 is 0 Å². The van der Waals surface area contributed by atoms with Crippen LogP contribution in [-0.4, -0.2) is 30.6 Å². The largest absolute Gasteiger partial charge is 0.490 e. The Hall–Kier alpha value is -1.34. The second-order valence-corrected chi connectivity index (χ2v) is 6.37. The van der Waals surface area contributed by atoms with Crippen molar-refractivity contribution in [2.75, 3.05) is 13.2 Å². The van der Waals surface area contributed by atoms with E-state index in [0.717, 1.165) is 22.2 Å². The Labute approximate surface area is 151 Å². The van der Waals surface area contributed by atoms with E-state index in [0.29, 0.717) is 24.1 Å². The molecule has 0 heterocycles. The van der Waals surface area contributed by atoms with Gasteiger partial charge < -0.3 is 14.8 Å². The van der Waals surface area contributed by atoms with Gasteiger partial charge in [-0.1, -0.05) is 6.92 Å². The molecule has 0 aliphatic heterocycles. The molecule has 1 rings (SSSR count). The SMILES string of the molecule is CCCOc1c(Br)cc(/C=N\NC(=S)NC(C)C)cc1OCC. The highest BCUT2D eigenvalue weighted by molar-refractivity contribution is 9.10. The van der Waals surface area contributed by atoms with Crippen molar-refractivity contribution in [1.29, 1.82) is 0 Å². The molecule has 1 aromatic rings. The Bertz CT molecular complexity index is 550. The topological polar surface area (TPSA) is 54.9 Å². The lowest BCUT2D eigenvalue weighted by molar-refractivity contribution is 0.275. The fourth-order valence-corrected chi connectivity index (χ4v) is 2.59. The monoisotopic (exact) mass is 401 g/mol. The second-order valence-electron chi connectivity index (χ2n) is 5.11. The van der Waals surface area contributed by atoms with Gasteiger partial charge >= 0.3 is 0 Å².